The van der Waals surface area contributed by atoms with E-state index in [1.807, 2.05) is 0 Å². The third-order valence-electron chi connectivity index (χ3n) is 6.33. The summed E-state index contributed by atoms with van der Waals surface area (Å²) >= 11 is 0. The van der Waals surface area contributed by atoms with Crippen molar-refractivity contribution in [3.8, 4) is 0 Å². The summed E-state index contributed by atoms with van der Waals surface area (Å²) in [5, 5.41) is 5.97. The number of carbonyl (C=O) groups is 1. The van der Waals surface area contributed by atoms with E-state index in [9.17, 15) is 18.0 Å². The number of anilines is 1. The second kappa shape index (κ2) is 10.0. The summed E-state index contributed by atoms with van der Waals surface area (Å²) in [6.07, 6.45) is -1.06. The van der Waals surface area contributed by atoms with E-state index in [-0.39, 0.29) is 30.7 Å². The van der Waals surface area contributed by atoms with Crippen molar-refractivity contribution in [1.29, 1.82) is 0 Å². The molecule has 2 aromatic rings. The summed E-state index contributed by atoms with van der Waals surface area (Å²) in [6, 6.07) is 8.42. The molecule has 1 fully saturated rings. The Balaban J connectivity index is 1.18. The highest BCUT2D eigenvalue weighted by Crippen LogP contribution is 2.28. The number of carbonyl (C=O) groups excluding carboxylic acids is 1. The van der Waals surface area contributed by atoms with E-state index >= 15 is 0 Å². The third kappa shape index (κ3) is 6.00. The standard InChI is InChI=1S/C23H29F3N6O/c1-16(23(24,25)26)32-13-19(14-32)30-21-11-20(28-15-29-21)22(33)27-8-4-9-31-10-7-17-5-2-3-6-18(17)12-31/h2-3,5-6,11,15-16,19H,4,7-10,12-14H2,1H3,(H,27,33)(H,28,29,30)/t16-/m0/s1. The lowest BCUT2D eigenvalue weighted by molar-refractivity contribution is -0.188. The fraction of sp³-hybridized carbons (Fsp3) is 0.522. The molecular formula is C23H29F3N6O. The van der Waals surface area contributed by atoms with Gasteiger partial charge in [0.25, 0.3) is 5.91 Å². The SMILES string of the molecule is C[C@H](N1CC(Nc2cc(C(=O)NCCCN3CCc4ccccc4C3)ncn2)C1)C(F)(F)F. The number of halogens is 3. The molecule has 0 radical (unpaired) electrons. The molecule has 1 atom stereocenters. The Morgan fingerprint density at radius 1 is 1.21 bits per heavy atom. The number of alkyl halides is 3. The first kappa shape index (κ1) is 23.4. The molecule has 0 bridgehead atoms. The number of amides is 1. The van der Waals surface area contributed by atoms with E-state index in [1.54, 1.807) is 0 Å². The summed E-state index contributed by atoms with van der Waals surface area (Å²) < 4.78 is 38.3. The van der Waals surface area contributed by atoms with Gasteiger partial charge in [-0.2, -0.15) is 13.2 Å². The number of benzene rings is 1. The molecule has 7 nitrogen and oxygen atoms in total. The van der Waals surface area contributed by atoms with E-state index in [2.05, 4.69) is 49.8 Å². The topological polar surface area (TPSA) is 73.4 Å². The Labute approximate surface area is 191 Å². The van der Waals surface area contributed by atoms with E-state index in [4.69, 9.17) is 0 Å². The van der Waals surface area contributed by atoms with Crippen LogP contribution in [0.5, 0.6) is 0 Å². The van der Waals surface area contributed by atoms with Crippen LogP contribution in [0.25, 0.3) is 0 Å². The van der Waals surface area contributed by atoms with Crippen LogP contribution in [0, 0.1) is 0 Å². The van der Waals surface area contributed by atoms with E-state index in [0.29, 0.717) is 12.4 Å². The molecule has 33 heavy (non-hydrogen) atoms. The van der Waals surface area contributed by atoms with Gasteiger partial charge in [-0.25, -0.2) is 9.97 Å². The summed E-state index contributed by atoms with van der Waals surface area (Å²) in [7, 11) is 0. The monoisotopic (exact) mass is 462 g/mol. The Bertz CT molecular complexity index is 963. The zero-order chi connectivity index (χ0) is 23.4. The minimum absolute atomic E-state index is 0.143. The Kier molecular flexibility index (Phi) is 7.14. The first-order valence-electron chi connectivity index (χ1n) is 11.3. The van der Waals surface area contributed by atoms with Gasteiger partial charge in [0.1, 0.15) is 23.9 Å². The lowest BCUT2D eigenvalue weighted by atomic mass is 10.00. The Morgan fingerprint density at radius 3 is 2.73 bits per heavy atom. The molecule has 4 rings (SSSR count). The molecule has 0 aliphatic carbocycles. The maximum Gasteiger partial charge on any atom is 0.403 e. The summed E-state index contributed by atoms with van der Waals surface area (Å²) in [6.45, 7) is 5.10. The van der Waals surface area contributed by atoms with Gasteiger partial charge in [0.05, 0.1) is 6.04 Å². The normalized spacial score (nSPS) is 18.3. The lowest BCUT2D eigenvalue weighted by Crippen LogP contribution is -2.61. The van der Waals surface area contributed by atoms with E-state index in [1.165, 1.54) is 28.4 Å². The van der Waals surface area contributed by atoms with Crippen LogP contribution in [0.2, 0.25) is 0 Å². The van der Waals surface area contributed by atoms with Gasteiger partial charge in [0, 0.05) is 45.3 Å². The molecule has 0 saturated carbocycles. The van der Waals surface area contributed by atoms with Crippen LogP contribution in [-0.2, 0) is 13.0 Å². The van der Waals surface area contributed by atoms with Gasteiger partial charge >= 0.3 is 6.18 Å². The average Bonchev–Trinajstić information content (AvgIpc) is 2.77. The first-order valence-corrected chi connectivity index (χ1v) is 11.3. The highest BCUT2D eigenvalue weighted by atomic mass is 19.4. The molecule has 2 aliphatic heterocycles. The van der Waals surface area contributed by atoms with Crippen molar-refractivity contribution in [3.05, 3.63) is 53.5 Å². The van der Waals surface area contributed by atoms with Gasteiger partial charge in [-0.1, -0.05) is 24.3 Å². The van der Waals surface area contributed by atoms with Crippen molar-refractivity contribution >= 4 is 11.7 Å². The Hall–Kier alpha value is -2.72. The van der Waals surface area contributed by atoms with Crippen molar-refractivity contribution in [2.45, 2.75) is 44.6 Å². The molecule has 2 aliphatic rings. The fourth-order valence-corrected chi connectivity index (χ4v) is 4.24. The van der Waals surface area contributed by atoms with Gasteiger partial charge in [0.15, 0.2) is 0 Å². The summed E-state index contributed by atoms with van der Waals surface area (Å²) in [5.74, 6) is 0.150. The predicted molar refractivity (Wildman–Crippen MR) is 119 cm³/mol. The van der Waals surface area contributed by atoms with Gasteiger partial charge in [-0.05, 0) is 30.9 Å². The first-order chi connectivity index (χ1) is 15.8. The van der Waals surface area contributed by atoms with Gasteiger partial charge in [0.2, 0.25) is 0 Å². The number of hydrogen-bond donors (Lipinski definition) is 2. The van der Waals surface area contributed by atoms with Crippen LogP contribution in [-0.4, -0.2) is 76.7 Å². The molecule has 1 aromatic heterocycles. The average molecular weight is 463 g/mol. The van der Waals surface area contributed by atoms with Crippen LogP contribution in [0.1, 0.15) is 35.0 Å². The zero-order valence-electron chi connectivity index (χ0n) is 18.6. The minimum Gasteiger partial charge on any atom is -0.365 e. The molecule has 1 amide bonds. The highest BCUT2D eigenvalue weighted by Gasteiger charge is 2.44. The highest BCUT2D eigenvalue weighted by molar-refractivity contribution is 5.92. The summed E-state index contributed by atoms with van der Waals surface area (Å²) in [4.78, 5) is 24.3. The quantitative estimate of drug-likeness (QED) is 0.588. The molecular weight excluding hydrogens is 433 g/mol. The number of rotatable bonds is 8. The summed E-state index contributed by atoms with van der Waals surface area (Å²) in [5.41, 5.74) is 3.02. The molecule has 0 unspecified atom stereocenters. The van der Waals surface area contributed by atoms with Crippen LogP contribution in [0.3, 0.4) is 0 Å². The molecule has 0 spiro atoms. The van der Waals surface area contributed by atoms with Crippen LogP contribution >= 0.6 is 0 Å². The van der Waals surface area contributed by atoms with Crippen molar-refractivity contribution in [2.24, 2.45) is 0 Å². The molecule has 1 aromatic carbocycles. The molecule has 10 heteroatoms. The number of aromatic nitrogens is 2. The number of nitrogens with one attached hydrogen (secondary N) is 2. The van der Waals surface area contributed by atoms with Crippen LogP contribution in [0.15, 0.2) is 36.7 Å². The lowest BCUT2D eigenvalue weighted by Gasteiger charge is -2.43. The zero-order valence-corrected chi connectivity index (χ0v) is 18.6. The van der Waals surface area contributed by atoms with E-state index in [0.717, 1.165) is 39.4 Å². The maximum atomic E-state index is 12.8. The van der Waals surface area contributed by atoms with Crippen molar-refractivity contribution in [2.75, 3.05) is 38.0 Å². The molecule has 3 heterocycles. The van der Waals surface area contributed by atoms with Crippen molar-refractivity contribution < 1.29 is 18.0 Å². The van der Waals surface area contributed by atoms with Gasteiger partial charge < -0.3 is 10.6 Å². The van der Waals surface area contributed by atoms with Crippen molar-refractivity contribution in [1.82, 2.24) is 25.1 Å². The second-order valence-electron chi connectivity index (χ2n) is 8.71. The maximum absolute atomic E-state index is 12.8. The van der Waals surface area contributed by atoms with Crippen LogP contribution in [0.4, 0.5) is 19.0 Å². The number of nitrogens with zero attached hydrogens (tertiary/aromatic N) is 4. The minimum atomic E-state index is -4.23. The van der Waals surface area contributed by atoms with Gasteiger partial charge in [-0.3, -0.25) is 14.6 Å². The largest absolute Gasteiger partial charge is 0.403 e. The van der Waals surface area contributed by atoms with Crippen molar-refractivity contribution in [3.63, 3.8) is 0 Å². The number of likely N-dealkylation sites (tertiary alicyclic amines) is 1. The number of fused-ring (bicyclic) bond motifs is 1. The molecule has 2 N–H and O–H groups in total. The third-order valence-corrected chi connectivity index (χ3v) is 6.33. The van der Waals surface area contributed by atoms with Gasteiger partial charge in [-0.15, -0.1) is 0 Å². The molecule has 178 valence electrons. The predicted octanol–water partition coefficient (Wildman–Crippen LogP) is 2.70. The second-order valence-corrected chi connectivity index (χ2v) is 8.71. The smallest absolute Gasteiger partial charge is 0.365 e. The Morgan fingerprint density at radius 2 is 1.97 bits per heavy atom. The number of hydrogen-bond acceptors (Lipinski definition) is 6. The molecule has 1 saturated heterocycles. The fourth-order valence-electron chi connectivity index (χ4n) is 4.24. The van der Waals surface area contributed by atoms with E-state index < -0.39 is 12.2 Å². The van der Waals surface area contributed by atoms with Crippen LogP contribution < -0.4 is 10.6 Å².